The third-order valence-electron chi connectivity index (χ3n) is 3.13. The summed E-state index contributed by atoms with van der Waals surface area (Å²) in [5.41, 5.74) is 1.22. The summed E-state index contributed by atoms with van der Waals surface area (Å²) >= 11 is 0. The lowest BCUT2D eigenvalue weighted by atomic mass is 10.2. The van der Waals surface area contributed by atoms with Gasteiger partial charge < -0.3 is 9.53 Å². The van der Waals surface area contributed by atoms with Crippen LogP contribution in [0, 0.1) is 11.8 Å². The summed E-state index contributed by atoms with van der Waals surface area (Å²) in [6.07, 6.45) is 4.40. The monoisotopic (exact) mass is 218 g/mol. The molecule has 0 N–H and O–H groups in total. The van der Waals surface area contributed by atoms with Crippen molar-refractivity contribution in [2.45, 2.75) is 25.9 Å². The fourth-order valence-electron chi connectivity index (χ4n) is 1.98. The lowest BCUT2D eigenvalue weighted by Gasteiger charge is -2.03. The van der Waals surface area contributed by atoms with E-state index in [1.54, 1.807) is 0 Å². The van der Waals surface area contributed by atoms with E-state index in [1.165, 1.54) is 5.56 Å². The fraction of sp³-hybridized carbons (Fsp3) is 0.500. The molecule has 0 amide bonds. The van der Waals surface area contributed by atoms with Gasteiger partial charge in [0.05, 0.1) is 6.61 Å². The van der Waals surface area contributed by atoms with E-state index in [4.69, 9.17) is 4.74 Å². The normalized spacial score (nSPS) is 23.0. The quantitative estimate of drug-likeness (QED) is 0.519. The molecule has 0 bridgehead atoms. The summed E-state index contributed by atoms with van der Waals surface area (Å²) < 4.78 is 5.58. The lowest BCUT2D eigenvalue weighted by Crippen LogP contribution is -1.96. The van der Waals surface area contributed by atoms with Gasteiger partial charge in [0.15, 0.2) is 0 Å². The number of ether oxygens (including phenoxy) is 1. The molecule has 1 aliphatic rings. The molecule has 1 aliphatic carbocycles. The zero-order chi connectivity index (χ0) is 11.2. The SMILES string of the molecule is O=C[C@@H]1C[C@H]1CCCOCc1ccccc1. The van der Waals surface area contributed by atoms with Crippen LogP contribution < -0.4 is 0 Å². The Morgan fingerprint density at radius 1 is 1.31 bits per heavy atom. The number of hydrogen-bond donors (Lipinski definition) is 0. The molecule has 0 unspecified atom stereocenters. The Morgan fingerprint density at radius 2 is 2.12 bits per heavy atom. The van der Waals surface area contributed by atoms with Crippen molar-refractivity contribution in [3.05, 3.63) is 35.9 Å². The molecule has 0 spiro atoms. The van der Waals surface area contributed by atoms with Crippen molar-refractivity contribution in [1.82, 2.24) is 0 Å². The maximum atomic E-state index is 10.4. The van der Waals surface area contributed by atoms with Gasteiger partial charge in [-0.15, -0.1) is 0 Å². The first-order valence-electron chi connectivity index (χ1n) is 5.97. The molecule has 1 fully saturated rings. The molecular weight excluding hydrogens is 200 g/mol. The van der Waals surface area contributed by atoms with E-state index in [2.05, 4.69) is 12.1 Å². The van der Waals surface area contributed by atoms with Crippen LogP contribution in [0.3, 0.4) is 0 Å². The van der Waals surface area contributed by atoms with Crippen LogP contribution in [0.5, 0.6) is 0 Å². The minimum absolute atomic E-state index is 0.356. The van der Waals surface area contributed by atoms with E-state index in [9.17, 15) is 4.79 Å². The molecular formula is C14H18O2. The van der Waals surface area contributed by atoms with Gasteiger partial charge in [-0.25, -0.2) is 0 Å². The highest BCUT2D eigenvalue weighted by Crippen LogP contribution is 2.40. The molecule has 1 aromatic rings. The largest absolute Gasteiger partial charge is 0.377 e. The second kappa shape index (κ2) is 5.80. The van der Waals surface area contributed by atoms with Crippen LogP contribution in [0.4, 0.5) is 0 Å². The minimum Gasteiger partial charge on any atom is -0.377 e. The van der Waals surface area contributed by atoms with Gasteiger partial charge >= 0.3 is 0 Å². The zero-order valence-electron chi connectivity index (χ0n) is 9.47. The van der Waals surface area contributed by atoms with Crippen LogP contribution in [0.15, 0.2) is 30.3 Å². The summed E-state index contributed by atoms with van der Waals surface area (Å²) in [6.45, 7) is 1.50. The van der Waals surface area contributed by atoms with E-state index in [0.29, 0.717) is 18.4 Å². The molecule has 1 aromatic carbocycles. The average molecular weight is 218 g/mol. The van der Waals surface area contributed by atoms with Crippen molar-refractivity contribution in [1.29, 1.82) is 0 Å². The first kappa shape index (κ1) is 11.3. The molecule has 86 valence electrons. The van der Waals surface area contributed by atoms with Crippen molar-refractivity contribution in [3.8, 4) is 0 Å². The number of carbonyl (C=O) groups excluding carboxylic acids is 1. The zero-order valence-corrected chi connectivity index (χ0v) is 9.47. The van der Waals surface area contributed by atoms with Crippen LogP contribution in [-0.4, -0.2) is 12.9 Å². The molecule has 0 aliphatic heterocycles. The summed E-state index contributed by atoms with van der Waals surface area (Å²) in [7, 11) is 0. The van der Waals surface area contributed by atoms with Gasteiger partial charge in [-0.1, -0.05) is 30.3 Å². The highest BCUT2D eigenvalue weighted by molar-refractivity contribution is 5.58. The van der Waals surface area contributed by atoms with Crippen LogP contribution in [-0.2, 0) is 16.1 Å². The Morgan fingerprint density at radius 3 is 2.81 bits per heavy atom. The molecule has 0 radical (unpaired) electrons. The summed E-state index contributed by atoms with van der Waals surface area (Å²) in [5.74, 6) is 1.01. The third kappa shape index (κ3) is 3.46. The number of aldehydes is 1. The molecule has 2 heteroatoms. The Hall–Kier alpha value is -1.15. The maximum Gasteiger partial charge on any atom is 0.123 e. The van der Waals surface area contributed by atoms with Crippen molar-refractivity contribution >= 4 is 6.29 Å². The van der Waals surface area contributed by atoms with Crippen LogP contribution in [0.1, 0.15) is 24.8 Å². The van der Waals surface area contributed by atoms with Crippen molar-refractivity contribution in [2.75, 3.05) is 6.61 Å². The Bertz CT molecular complexity index is 321. The summed E-state index contributed by atoms with van der Waals surface area (Å²) in [5, 5.41) is 0. The Balaban J connectivity index is 1.51. The fourth-order valence-corrected chi connectivity index (χ4v) is 1.98. The molecule has 0 heterocycles. The second-order valence-electron chi connectivity index (χ2n) is 4.48. The number of benzene rings is 1. The van der Waals surface area contributed by atoms with Gasteiger partial charge in [0.25, 0.3) is 0 Å². The maximum absolute atomic E-state index is 10.4. The first-order chi connectivity index (χ1) is 7.90. The number of rotatable bonds is 7. The molecule has 2 atom stereocenters. The van der Waals surface area contributed by atoms with Gasteiger partial charge in [-0.3, -0.25) is 0 Å². The van der Waals surface area contributed by atoms with E-state index in [-0.39, 0.29) is 0 Å². The van der Waals surface area contributed by atoms with Crippen LogP contribution in [0.2, 0.25) is 0 Å². The van der Waals surface area contributed by atoms with Crippen molar-refractivity contribution in [2.24, 2.45) is 11.8 Å². The van der Waals surface area contributed by atoms with E-state index in [0.717, 1.165) is 32.2 Å². The summed E-state index contributed by atoms with van der Waals surface area (Å²) in [4.78, 5) is 10.4. The molecule has 16 heavy (non-hydrogen) atoms. The van der Waals surface area contributed by atoms with Gasteiger partial charge in [0, 0.05) is 12.5 Å². The first-order valence-corrected chi connectivity index (χ1v) is 5.97. The van der Waals surface area contributed by atoms with E-state index in [1.807, 2.05) is 18.2 Å². The summed E-state index contributed by atoms with van der Waals surface area (Å²) in [6, 6.07) is 10.2. The van der Waals surface area contributed by atoms with Gasteiger partial charge in [-0.05, 0) is 30.7 Å². The molecule has 1 saturated carbocycles. The molecule has 0 saturated heterocycles. The highest BCUT2D eigenvalue weighted by Gasteiger charge is 2.35. The lowest BCUT2D eigenvalue weighted by molar-refractivity contribution is -0.109. The second-order valence-corrected chi connectivity index (χ2v) is 4.48. The van der Waals surface area contributed by atoms with E-state index < -0.39 is 0 Å². The molecule has 2 rings (SSSR count). The molecule has 2 nitrogen and oxygen atoms in total. The van der Waals surface area contributed by atoms with Crippen LogP contribution >= 0.6 is 0 Å². The minimum atomic E-state index is 0.356. The standard InChI is InChI=1S/C14H18O2/c15-10-14-9-13(14)7-4-8-16-11-12-5-2-1-3-6-12/h1-3,5-6,10,13-14H,4,7-9,11H2/t13-,14+/m1/s1. The van der Waals surface area contributed by atoms with Gasteiger partial charge in [0.1, 0.15) is 6.29 Å². The van der Waals surface area contributed by atoms with E-state index >= 15 is 0 Å². The van der Waals surface area contributed by atoms with Gasteiger partial charge in [-0.2, -0.15) is 0 Å². The predicted octanol–water partition coefficient (Wildman–Crippen LogP) is 2.82. The Labute approximate surface area is 96.6 Å². The average Bonchev–Trinajstić information content (AvgIpc) is 3.09. The van der Waals surface area contributed by atoms with Gasteiger partial charge in [0.2, 0.25) is 0 Å². The number of carbonyl (C=O) groups is 1. The van der Waals surface area contributed by atoms with Crippen LogP contribution in [0.25, 0.3) is 0 Å². The smallest absolute Gasteiger partial charge is 0.123 e. The third-order valence-corrected chi connectivity index (χ3v) is 3.13. The molecule has 0 aromatic heterocycles. The predicted molar refractivity (Wildman–Crippen MR) is 63.0 cm³/mol. The topological polar surface area (TPSA) is 26.3 Å². The Kier molecular flexibility index (Phi) is 4.11. The number of hydrogen-bond acceptors (Lipinski definition) is 2. The van der Waals surface area contributed by atoms with Crippen molar-refractivity contribution in [3.63, 3.8) is 0 Å². The van der Waals surface area contributed by atoms with Crippen molar-refractivity contribution < 1.29 is 9.53 Å². The highest BCUT2D eigenvalue weighted by atomic mass is 16.5.